The summed E-state index contributed by atoms with van der Waals surface area (Å²) in [7, 11) is 0. The minimum atomic E-state index is -0.259. The van der Waals surface area contributed by atoms with E-state index in [1.807, 2.05) is 23.9 Å². The molecular formula is C19H24N4O2S. The van der Waals surface area contributed by atoms with Gasteiger partial charge in [-0.3, -0.25) is 4.79 Å². The molecule has 0 saturated carbocycles. The van der Waals surface area contributed by atoms with E-state index in [0.29, 0.717) is 17.2 Å². The summed E-state index contributed by atoms with van der Waals surface area (Å²) in [5.41, 5.74) is 8.07. The van der Waals surface area contributed by atoms with Gasteiger partial charge in [-0.05, 0) is 55.2 Å². The monoisotopic (exact) mass is 372 g/mol. The van der Waals surface area contributed by atoms with Gasteiger partial charge in [-0.1, -0.05) is 6.07 Å². The van der Waals surface area contributed by atoms with Crippen molar-refractivity contribution in [2.45, 2.75) is 31.2 Å². The van der Waals surface area contributed by atoms with Crippen LogP contribution < -0.4 is 16.6 Å². The summed E-state index contributed by atoms with van der Waals surface area (Å²) in [6, 6.07) is 5.78. The molecule has 2 atom stereocenters. The van der Waals surface area contributed by atoms with E-state index in [9.17, 15) is 9.90 Å². The Morgan fingerprint density at radius 1 is 1.35 bits per heavy atom. The number of thioether (sulfide) groups is 1. The van der Waals surface area contributed by atoms with Gasteiger partial charge in [0.25, 0.3) is 5.56 Å². The number of nitrogens with zero attached hydrogens (tertiary/aromatic N) is 2. The SMILES string of the molecule is Nc1nc(-c2cc(C3CCSC3)ccc2O)cn(C2CCCNC2)c1=O. The zero-order valence-corrected chi connectivity index (χ0v) is 15.5. The molecule has 2 saturated heterocycles. The van der Waals surface area contributed by atoms with Crippen LogP contribution in [0, 0.1) is 0 Å². The number of piperidine rings is 1. The normalized spacial score (nSPS) is 23.2. The second kappa shape index (κ2) is 7.32. The molecule has 0 bridgehead atoms. The second-order valence-electron chi connectivity index (χ2n) is 7.06. The lowest BCUT2D eigenvalue weighted by atomic mass is 9.95. The molecule has 2 aliphatic heterocycles. The summed E-state index contributed by atoms with van der Waals surface area (Å²) in [6.07, 6.45) is 4.85. The average molecular weight is 372 g/mol. The van der Waals surface area contributed by atoms with Crippen LogP contribution in [0.15, 0.2) is 29.2 Å². The van der Waals surface area contributed by atoms with E-state index in [-0.39, 0.29) is 23.2 Å². The number of aromatic hydroxyl groups is 1. The molecule has 2 fully saturated rings. The number of nitrogen functional groups attached to an aromatic ring is 1. The summed E-state index contributed by atoms with van der Waals surface area (Å²) in [5.74, 6) is 2.93. The van der Waals surface area contributed by atoms with Gasteiger partial charge in [-0.2, -0.15) is 11.8 Å². The molecule has 2 unspecified atom stereocenters. The second-order valence-corrected chi connectivity index (χ2v) is 8.21. The van der Waals surface area contributed by atoms with E-state index >= 15 is 0 Å². The van der Waals surface area contributed by atoms with Crippen LogP contribution >= 0.6 is 11.8 Å². The van der Waals surface area contributed by atoms with E-state index in [1.54, 1.807) is 16.8 Å². The van der Waals surface area contributed by atoms with Crippen molar-refractivity contribution in [3.05, 3.63) is 40.3 Å². The quantitative estimate of drug-likeness (QED) is 0.766. The molecule has 138 valence electrons. The Hall–Kier alpha value is -1.99. The van der Waals surface area contributed by atoms with Gasteiger partial charge < -0.3 is 20.7 Å². The molecule has 4 N–H and O–H groups in total. The van der Waals surface area contributed by atoms with Crippen molar-refractivity contribution in [1.82, 2.24) is 14.9 Å². The molecule has 3 heterocycles. The van der Waals surface area contributed by atoms with Crippen LogP contribution in [0.5, 0.6) is 5.75 Å². The number of hydrogen-bond donors (Lipinski definition) is 3. The Morgan fingerprint density at radius 2 is 2.23 bits per heavy atom. The predicted molar refractivity (Wildman–Crippen MR) is 106 cm³/mol. The van der Waals surface area contributed by atoms with Gasteiger partial charge in [0, 0.05) is 30.1 Å². The van der Waals surface area contributed by atoms with Crippen LogP contribution in [-0.4, -0.2) is 39.3 Å². The zero-order valence-electron chi connectivity index (χ0n) is 14.6. The summed E-state index contributed by atoms with van der Waals surface area (Å²) >= 11 is 1.96. The zero-order chi connectivity index (χ0) is 18.1. The van der Waals surface area contributed by atoms with Crippen LogP contribution in [0.4, 0.5) is 5.82 Å². The smallest absolute Gasteiger partial charge is 0.293 e. The summed E-state index contributed by atoms with van der Waals surface area (Å²) < 4.78 is 1.68. The third-order valence-electron chi connectivity index (χ3n) is 5.32. The van der Waals surface area contributed by atoms with Crippen LogP contribution in [0.25, 0.3) is 11.3 Å². The van der Waals surface area contributed by atoms with Gasteiger partial charge >= 0.3 is 0 Å². The molecule has 0 radical (unpaired) electrons. The Kier molecular flexibility index (Phi) is 4.91. The van der Waals surface area contributed by atoms with Crippen molar-refractivity contribution >= 4 is 17.6 Å². The number of phenols is 1. The Morgan fingerprint density at radius 3 is 2.96 bits per heavy atom. The lowest BCUT2D eigenvalue weighted by molar-refractivity contribution is 0.364. The highest BCUT2D eigenvalue weighted by Gasteiger charge is 2.22. The van der Waals surface area contributed by atoms with E-state index < -0.39 is 0 Å². The summed E-state index contributed by atoms with van der Waals surface area (Å²) in [5, 5.41) is 13.7. The highest BCUT2D eigenvalue weighted by Crippen LogP contribution is 2.37. The van der Waals surface area contributed by atoms with Gasteiger partial charge in [-0.25, -0.2) is 4.98 Å². The fourth-order valence-corrected chi connectivity index (χ4v) is 5.07. The van der Waals surface area contributed by atoms with Crippen LogP contribution in [-0.2, 0) is 0 Å². The fraction of sp³-hybridized carbons (Fsp3) is 0.474. The maximum absolute atomic E-state index is 12.5. The molecule has 4 rings (SSSR count). The molecule has 6 nitrogen and oxygen atoms in total. The fourth-order valence-electron chi connectivity index (χ4n) is 3.81. The number of nitrogens with one attached hydrogen (secondary N) is 1. The summed E-state index contributed by atoms with van der Waals surface area (Å²) in [4.78, 5) is 16.8. The topological polar surface area (TPSA) is 93.2 Å². The molecule has 26 heavy (non-hydrogen) atoms. The first-order chi connectivity index (χ1) is 12.6. The van der Waals surface area contributed by atoms with Crippen LogP contribution in [0.2, 0.25) is 0 Å². The van der Waals surface area contributed by atoms with Crippen molar-refractivity contribution in [3.8, 4) is 17.0 Å². The van der Waals surface area contributed by atoms with Crippen molar-refractivity contribution in [1.29, 1.82) is 0 Å². The van der Waals surface area contributed by atoms with E-state index in [2.05, 4.69) is 10.3 Å². The molecule has 7 heteroatoms. The van der Waals surface area contributed by atoms with Crippen molar-refractivity contribution in [3.63, 3.8) is 0 Å². The lowest BCUT2D eigenvalue weighted by Gasteiger charge is -2.25. The number of phenolic OH excluding ortho intramolecular Hbond substituents is 1. The van der Waals surface area contributed by atoms with E-state index in [4.69, 9.17) is 5.73 Å². The molecule has 1 aromatic carbocycles. The first kappa shape index (κ1) is 17.4. The minimum Gasteiger partial charge on any atom is -0.507 e. The number of hydrogen-bond acceptors (Lipinski definition) is 6. The molecular weight excluding hydrogens is 348 g/mol. The number of anilines is 1. The third kappa shape index (κ3) is 3.33. The maximum atomic E-state index is 12.5. The largest absolute Gasteiger partial charge is 0.507 e. The van der Waals surface area contributed by atoms with Gasteiger partial charge in [0.15, 0.2) is 5.82 Å². The van der Waals surface area contributed by atoms with Crippen molar-refractivity contribution in [2.75, 3.05) is 30.3 Å². The van der Waals surface area contributed by atoms with Gasteiger partial charge in [0.05, 0.1) is 5.69 Å². The molecule has 2 aromatic rings. The first-order valence-corrected chi connectivity index (χ1v) is 10.3. The Labute approximate surface area is 156 Å². The highest BCUT2D eigenvalue weighted by molar-refractivity contribution is 7.99. The molecule has 0 aliphatic carbocycles. The number of rotatable bonds is 3. The number of benzene rings is 1. The number of aromatic nitrogens is 2. The van der Waals surface area contributed by atoms with Gasteiger partial charge in [0.1, 0.15) is 5.75 Å². The molecule has 1 aromatic heterocycles. The Bertz CT molecular complexity index is 855. The van der Waals surface area contributed by atoms with Crippen molar-refractivity contribution in [2.24, 2.45) is 0 Å². The highest BCUT2D eigenvalue weighted by atomic mass is 32.2. The maximum Gasteiger partial charge on any atom is 0.293 e. The van der Waals surface area contributed by atoms with Crippen LogP contribution in [0.1, 0.15) is 36.8 Å². The molecule has 2 aliphatic rings. The number of nitrogens with two attached hydrogens (primary N) is 1. The molecule has 0 spiro atoms. The summed E-state index contributed by atoms with van der Waals surface area (Å²) in [6.45, 7) is 1.72. The van der Waals surface area contributed by atoms with Crippen LogP contribution in [0.3, 0.4) is 0 Å². The van der Waals surface area contributed by atoms with Gasteiger partial charge in [0.2, 0.25) is 0 Å². The van der Waals surface area contributed by atoms with Gasteiger partial charge in [-0.15, -0.1) is 0 Å². The Balaban J connectivity index is 1.76. The average Bonchev–Trinajstić information content (AvgIpc) is 3.20. The molecule has 0 amide bonds. The minimum absolute atomic E-state index is 0.0192. The standard InChI is InChI=1S/C19H24N4O2S/c20-18-19(25)23(14-2-1-6-21-9-14)10-16(22-18)15-8-12(3-4-17(15)24)13-5-7-26-11-13/h3-4,8,10,13-14,21,24H,1-2,5-7,9,11H2,(H2,20,22). The van der Waals surface area contributed by atoms with E-state index in [0.717, 1.165) is 38.1 Å². The van der Waals surface area contributed by atoms with E-state index in [1.165, 1.54) is 11.3 Å². The van der Waals surface area contributed by atoms with Crippen molar-refractivity contribution < 1.29 is 5.11 Å². The lowest BCUT2D eigenvalue weighted by Crippen LogP contribution is -2.37. The first-order valence-electron chi connectivity index (χ1n) is 9.14. The third-order valence-corrected chi connectivity index (χ3v) is 6.48. The predicted octanol–water partition coefficient (Wildman–Crippen LogP) is 2.34.